The molecule has 6 heteroatoms. The van der Waals surface area contributed by atoms with Gasteiger partial charge >= 0.3 is 0 Å². The van der Waals surface area contributed by atoms with Gasteiger partial charge in [0.1, 0.15) is 10.3 Å². The minimum atomic E-state index is -0.166. The monoisotopic (exact) mass is 309 g/mol. The van der Waals surface area contributed by atoms with Crippen LogP contribution in [0.4, 0.5) is 0 Å². The molecule has 0 saturated carbocycles. The first-order valence-electron chi connectivity index (χ1n) is 5.99. The fourth-order valence-corrected chi connectivity index (χ4v) is 2.29. The summed E-state index contributed by atoms with van der Waals surface area (Å²) in [6.07, 6.45) is 3.40. The van der Waals surface area contributed by atoms with E-state index in [2.05, 4.69) is 9.97 Å². The van der Waals surface area contributed by atoms with Crippen LogP contribution in [-0.4, -0.2) is 27.8 Å². The highest BCUT2D eigenvalue weighted by Crippen LogP contribution is 2.22. The number of halogens is 2. The van der Waals surface area contributed by atoms with Gasteiger partial charge in [-0.15, -0.1) is 0 Å². The van der Waals surface area contributed by atoms with Crippen molar-refractivity contribution in [2.75, 3.05) is 7.05 Å². The topological polar surface area (TPSA) is 46.1 Å². The predicted octanol–water partition coefficient (Wildman–Crippen LogP) is 3.62. The van der Waals surface area contributed by atoms with Crippen LogP contribution in [0.3, 0.4) is 0 Å². The van der Waals surface area contributed by atoms with Gasteiger partial charge < -0.3 is 4.90 Å². The van der Waals surface area contributed by atoms with E-state index in [0.717, 1.165) is 5.56 Å². The summed E-state index contributed by atoms with van der Waals surface area (Å²) < 4.78 is 0. The smallest absolute Gasteiger partial charge is 0.254 e. The highest BCUT2D eigenvalue weighted by atomic mass is 35.5. The van der Waals surface area contributed by atoms with Crippen LogP contribution >= 0.6 is 23.2 Å². The van der Waals surface area contributed by atoms with Crippen LogP contribution in [0.5, 0.6) is 0 Å². The van der Waals surface area contributed by atoms with Crippen molar-refractivity contribution in [1.82, 2.24) is 14.9 Å². The van der Waals surface area contributed by atoms with Crippen LogP contribution < -0.4 is 0 Å². The SMILES string of the molecule is CC(c1ccncc1)N(C)C(=O)c1cc(Cl)nc(Cl)c1. The lowest BCUT2D eigenvalue weighted by Gasteiger charge is -2.25. The second kappa shape index (κ2) is 6.20. The number of rotatable bonds is 3. The summed E-state index contributed by atoms with van der Waals surface area (Å²) in [5.41, 5.74) is 1.42. The van der Waals surface area contributed by atoms with Crippen molar-refractivity contribution >= 4 is 29.1 Å². The number of carbonyl (C=O) groups excluding carboxylic acids is 1. The molecule has 1 atom stereocenters. The van der Waals surface area contributed by atoms with Gasteiger partial charge in [0.15, 0.2) is 0 Å². The molecule has 2 aromatic rings. The van der Waals surface area contributed by atoms with Gasteiger partial charge in [-0.1, -0.05) is 23.2 Å². The van der Waals surface area contributed by atoms with Crippen molar-refractivity contribution < 1.29 is 4.79 Å². The molecule has 2 rings (SSSR count). The Morgan fingerprint density at radius 3 is 2.30 bits per heavy atom. The molecule has 2 aromatic heterocycles. The van der Waals surface area contributed by atoms with Gasteiger partial charge in [0.25, 0.3) is 5.91 Å². The van der Waals surface area contributed by atoms with E-state index in [9.17, 15) is 4.79 Å². The second-order valence-electron chi connectivity index (χ2n) is 4.37. The Morgan fingerprint density at radius 1 is 1.20 bits per heavy atom. The standard InChI is InChI=1S/C14H13Cl2N3O/c1-9(10-3-5-17-6-4-10)19(2)14(20)11-7-12(15)18-13(16)8-11/h3-9H,1-2H3. The van der Waals surface area contributed by atoms with E-state index in [1.807, 2.05) is 19.1 Å². The molecule has 4 nitrogen and oxygen atoms in total. The Balaban J connectivity index is 2.24. The van der Waals surface area contributed by atoms with Crippen molar-refractivity contribution in [2.24, 2.45) is 0 Å². The molecule has 0 bridgehead atoms. The van der Waals surface area contributed by atoms with Crippen LogP contribution in [0.15, 0.2) is 36.7 Å². The number of hydrogen-bond acceptors (Lipinski definition) is 3. The molecular weight excluding hydrogens is 297 g/mol. The molecule has 2 heterocycles. The van der Waals surface area contributed by atoms with Gasteiger partial charge in [-0.2, -0.15) is 0 Å². The van der Waals surface area contributed by atoms with Crippen LogP contribution in [-0.2, 0) is 0 Å². The summed E-state index contributed by atoms with van der Waals surface area (Å²) in [6, 6.07) is 6.68. The predicted molar refractivity (Wildman–Crippen MR) is 79.0 cm³/mol. The summed E-state index contributed by atoms with van der Waals surface area (Å²) in [5.74, 6) is -0.166. The van der Waals surface area contributed by atoms with E-state index < -0.39 is 0 Å². The van der Waals surface area contributed by atoms with Crippen LogP contribution in [0.1, 0.15) is 28.9 Å². The van der Waals surface area contributed by atoms with Gasteiger partial charge in [0.2, 0.25) is 0 Å². The normalized spacial score (nSPS) is 12.0. The maximum absolute atomic E-state index is 12.4. The van der Waals surface area contributed by atoms with Crippen LogP contribution in [0.25, 0.3) is 0 Å². The summed E-state index contributed by atoms with van der Waals surface area (Å²) >= 11 is 11.6. The molecule has 104 valence electrons. The molecule has 0 aliphatic rings. The molecule has 1 unspecified atom stereocenters. The first-order chi connectivity index (χ1) is 9.49. The highest BCUT2D eigenvalue weighted by molar-refractivity contribution is 6.33. The number of amides is 1. The first kappa shape index (κ1) is 14.8. The number of aromatic nitrogens is 2. The molecule has 0 saturated heterocycles. The average molecular weight is 310 g/mol. The van der Waals surface area contributed by atoms with Gasteiger partial charge in [-0.3, -0.25) is 9.78 Å². The number of carbonyl (C=O) groups is 1. The Bertz CT molecular complexity index is 599. The molecule has 0 aliphatic carbocycles. The number of hydrogen-bond donors (Lipinski definition) is 0. The van der Waals surface area contributed by atoms with E-state index in [4.69, 9.17) is 23.2 Å². The first-order valence-corrected chi connectivity index (χ1v) is 6.75. The zero-order valence-electron chi connectivity index (χ0n) is 11.0. The Hall–Kier alpha value is -1.65. The fourth-order valence-electron chi connectivity index (χ4n) is 1.83. The molecule has 1 amide bonds. The van der Waals surface area contributed by atoms with E-state index in [1.54, 1.807) is 24.3 Å². The van der Waals surface area contributed by atoms with Crippen LogP contribution in [0, 0.1) is 0 Å². The third kappa shape index (κ3) is 3.26. The van der Waals surface area contributed by atoms with Crippen molar-refractivity contribution in [1.29, 1.82) is 0 Å². The highest BCUT2D eigenvalue weighted by Gasteiger charge is 2.19. The van der Waals surface area contributed by atoms with E-state index in [0.29, 0.717) is 5.56 Å². The van der Waals surface area contributed by atoms with E-state index in [1.165, 1.54) is 12.1 Å². The van der Waals surface area contributed by atoms with Crippen LogP contribution in [0.2, 0.25) is 10.3 Å². The minimum absolute atomic E-state index is 0.0868. The zero-order chi connectivity index (χ0) is 14.7. The third-order valence-electron chi connectivity index (χ3n) is 3.10. The van der Waals surface area contributed by atoms with Gasteiger partial charge in [0.05, 0.1) is 6.04 Å². The maximum Gasteiger partial charge on any atom is 0.254 e. The molecule has 0 radical (unpaired) electrons. The van der Waals surface area contributed by atoms with Crippen molar-refractivity contribution in [2.45, 2.75) is 13.0 Å². The minimum Gasteiger partial charge on any atom is -0.335 e. The molecular formula is C14H13Cl2N3O. The summed E-state index contributed by atoms with van der Waals surface area (Å²) in [4.78, 5) is 21.8. The second-order valence-corrected chi connectivity index (χ2v) is 5.15. The molecule has 20 heavy (non-hydrogen) atoms. The fraction of sp³-hybridized carbons (Fsp3) is 0.214. The lowest BCUT2D eigenvalue weighted by atomic mass is 10.1. The number of pyridine rings is 2. The average Bonchev–Trinajstić information content (AvgIpc) is 2.45. The van der Waals surface area contributed by atoms with Gasteiger partial charge in [0, 0.05) is 25.0 Å². The molecule has 0 N–H and O–H groups in total. The van der Waals surface area contributed by atoms with Gasteiger partial charge in [-0.05, 0) is 36.8 Å². The summed E-state index contributed by atoms with van der Waals surface area (Å²) in [7, 11) is 1.73. The van der Waals surface area contributed by atoms with Crippen molar-refractivity contribution in [3.8, 4) is 0 Å². The summed E-state index contributed by atoms with van der Waals surface area (Å²) in [6.45, 7) is 1.94. The van der Waals surface area contributed by atoms with E-state index in [-0.39, 0.29) is 22.3 Å². The Morgan fingerprint density at radius 2 is 1.75 bits per heavy atom. The molecule has 0 spiro atoms. The van der Waals surface area contributed by atoms with Gasteiger partial charge in [-0.25, -0.2) is 4.98 Å². The third-order valence-corrected chi connectivity index (χ3v) is 3.49. The van der Waals surface area contributed by atoms with E-state index >= 15 is 0 Å². The van der Waals surface area contributed by atoms with Crippen molar-refractivity contribution in [3.05, 3.63) is 58.1 Å². The number of nitrogens with zero attached hydrogens (tertiary/aromatic N) is 3. The zero-order valence-corrected chi connectivity index (χ0v) is 12.6. The maximum atomic E-state index is 12.4. The molecule has 0 aliphatic heterocycles. The lowest BCUT2D eigenvalue weighted by molar-refractivity contribution is 0.0742. The quantitative estimate of drug-likeness (QED) is 0.814. The molecule has 0 aromatic carbocycles. The largest absolute Gasteiger partial charge is 0.335 e. The van der Waals surface area contributed by atoms with Crippen molar-refractivity contribution in [3.63, 3.8) is 0 Å². The lowest BCUT2D eigenvalue weighted by Crippen LogP contribution is -2.29. The summed E-state index contributed by atoms with van der Waals surface area (Å²) in [5, 5.41) is 0.400. The Labute approximate surface area is 127 Å². The Kier molecular flexibility index (Phi) is 4.57. The molecule has 0 fully saturated rings.